The highest BCUT2D eigenvalue weighted by molar-refractivity contribution is 7.92. The van der Waals surface area contributed by atoms with Gasteiger partial charge in [0.15, 0.2) is 11.5 Å². The molecule has 0 aromatic heterocycles. The number of hydrogen-bond acceptors (Lipinski definition) is 5. The SMILES string of the molecule is COc1cc(CNC(=O)[C@H](C)N(c2ccccc2)S(C)(=O)=O)ccc1OC(C)C. The molecule has 0 bridgehead atoms. The second-order valence-electron chi connectivity index (χ2n) is 6.94. The lowest BCUT2D eigenvalue weighted by Crippen LogP contribution is -2.47. The van der Waals surface area contributed by atoms with Gasteiger partial charge in [-0.1, -0.05) is 24.3 Å². The van der Waals surface area contributed by atoms with Gasteiger partial charge in [-0.3, -0.25) is 9.10 Å². The normalized spacial score (nSPS) is 12.3. The highest BCUT2D eigenvalue weighted by atomic mass is 32.2. The van der Waals surface area contributed by atoms with E-state index in [1.54, 1.807) is 56.5 Å². The van der Waals surface area contributed by atoms with Crippen molar-refractivity contribution >= 4 is 21.6 Å². The second-order valence-corrected chi connectivity index (χ2v) is 8.80. The van der Waals surface area contributed by atoms with E-state index in [1.807, 2.05) is 19.9 Å². The van der Waals surface area contributed by atoms with Crippen molar-refractivity contribution in [1.82, 2.24) is 5.32 Å². The molecule has 0 saturated heterocycles. The largest absolute Gasteiger partial charge is 0.493 e. The minimum atomic E-state index is -3.64. The number of para-hydroxylation sites is 1. The van der Waals surface area contributed by atoms with Gasteiger partial charge < -0.3 is 14.8 Å². The van der Waals surface area contributed by atoms with Crippen LogP contribution in [0, 0.1) is 0 Å². The predicted molar refractivity (Wildman–Crippen MR) is 114 cm³/mol. The molecule has 7 nitrogen and oxygen atoms in total. The third kappa shape index (κ3) is 6.12. The highest BCUT2D eigenvalue weighted by Crippen LogP contribution is 2.29. The molecule has 0 radical (unpaired) electrons. The summed E-state index contributed by atoms with van der Waals surface area (Å²) in [5.41, 5.74) is 1.25. The Balaban J connectivity index is 2.13. The Morgan fingerprint density at radius 2 is 1.72 bits per heavy atom. The lowest BCUT2D eigenvalue weighted by molar-refractivity contribution is -0.122. The molecule has 0 unspecified atom stereocenters. The Morgan fingerprint density at radius 1 is 1.07 bits per heavy atom. The predicted octanol–water partition coefficient (Wildman–Crippen LogP) is 2.95. The van der Waals surface area contributed by atoms with E-state index < -0.39 is 22.0 Å². The summed E-state index contributed by atoms with van der Waals surface area (Å²) >= 11 is 0. The van der Waals surface area contributed by atoms with E-state index >= 15 is 0 Å². The van der Waals surface area contributed by atoms with Gasteiger partial charge in [-0.15, -0.1) is 0 Å². The van der Waals surface area contributed by atoms with Crippen LogP contribution in [0.5, 0.6) is 11.5 Å². The number of rotatable bonds is 9. The lowest BCUT2D eigenvalue weighted by atomic mass is 10.2. The Bertz CT molecular complexity index is 929. The van der Waals surface area contributed by atoms with Crippen molar-refractivity contribution in [3.8, 4) is 11.5 Å². The minimum Gasteiger partial charge on any atom is -0.493 e. The van der Waals surface area contributed by atoms with Gasteiger partial charge in [0, 0.05) is 6.54 Å². The number of carbonyl (C=O) groups is 1. The Labute approximate surface area is 172 Å². The number of nitrogens with one attached hydrogen (secondary N) is 1. The van der Waals surface area contributed by atoms with E-state index in [0.717, 1.165) is 16.1 Å². The molecule has 2 rings (SSSR count). The van der Waals surface area contributed by atoms with E-state index in [-0.39, 0.29) is 12.6 Å². The molecule has 29 heavy (non-hydrogen) atoms. The van der Waals surface area contributed by atoms with Crippen LogP contribution in [-0.4, -0.2) is 39.8 Å². The van der Waals surface area contributed by atoms with Crippen LogP contribution >= 0.6 is 0 Å². The van der Waals surface area contributed by atoms with Crippen molar-refractivity contribution in [2.45, 2.75) is 39.5 Å². The fourth-order valence-corrected chi connectivity index (χ4v) is 4.07. The Hall–Kier alpha value is -2.74. The summed E-state index contributed by atoms with van der Waals surface area (Å²) in [6, 6.07) is 13.1. The zero-order valence-corrected chi connectivity index (χ0v) is 18.2. The molecule has 1 atom stereocenters. The third-order valence-electron chi connectivity index (χ3n) is 4.16. The van der Waals surface area contributed by atoms with Crippen molar-refractivity contribution in [2.75, 3.05) is 17.7 Å². The Morgan fingerprint density at radius 3 is 2.28 bits per heavy atom. The van der Waals surface area contributed by atoms with Gasteiger partial charge in [0.05, 0.1) is 25.2 Å². The van der Waals surface area contributed by atoms with E-state index in [9.17, 15) is 13.2 Å². The first kappa shape index (κ1) is 22.5. The fourth-order valence-electron chi connectivity index (χ4n) is 2.89. The second kappa shape index (κ2) is 9.65. The van der Waals surface area contributed by atoms with Crippen LogP contribution in [0.3, 0.4) is 0 Å². The zero-order chi connectivity index (χ0) is 21.6. The summed E-state index contributed by atoms with van der Waals surface area (Å²) in [6.07, 6.45) is 1.09. The first-order valence-electron chi connectivity index (χ1n) is 9.29. The average molecular weight is 421 g/mol. The zero-order valence-electron chi connectivity index (χ0n) is 17.4. The number of amides is 1. The van der Waals surface area contributed by atoms with Crippen LogP contribution in [0.2, 0.25) is 0 Å². The van der Waals surface area contributed by atoms with E-state index in [2.05, 4.69) is 5.32 Å². The number of methoxy groups -OCH3 is 1. The molecular weight excluding hydrogens is 392 g/mol. The van der Waals surface area contributed by atoms with E-state index in [1.165, 1.54) is 0 Å². The molecule has 8 heteroatoms. The molecule has 0 saturated carbocycles. The van der Waals surface area contributed by atoms with Gasteiger partial charge >= 0.3 is 0 Å². The van der Waals surface area contributed by atoms with Gasteiger partial charge in [0.2, 0.25) is 15.9 Å². The maximum atomic E-state index is 12.7. The molecule has 0 heterocycles. The summed E-state index contributed by atoms with van der Waals surface area (Å²) in [5.74, 6) is 0.791. The first-order valence-corrected chi connectivity index (χ1v) is 11.1. The number of carbonyl (C=O) groups excluding carboxylic acids is 1. The van der Waals surface area contributed by atoms with Crippen LogP contribution in [0.4, 0.5) is 5.69 Å². The van der Waals surface area contributed by atoms with Crippen molar-refractivity contribution in [1.29, 1.82) is 0 Å². The van der Waals surface area contributed by atoms with Gasteiger partial charge in [-0.05, 0) is 50.6 Å². The van der Waals surface area contributed by atoms with Crippen LogP contribution in [0.1, 0.15) is 26.3 Å². The van der Waals surface area contributed by atoms with Crippen molar-refractivity contribution < 1.29 is 22.7 Å². The molecule has 158 valence electrons. The average Bonchev–Trinajstić information content (AvgIpc) is 2.66. The molecule has 2 aromatic rings. The quantitative estimate of drug-likeness (QED) is 0.674. The number of nitrogens with zero attached hydrogens (tertiary/aromatic N) is 1. The Kier molecular flexibility index (Phi) is 7.50. The van der Waals surface area contributed by atoms with Crippen molar-refractivity contribution in [3.05, 3.63) is 54.1 Å². The summed E-state index contributed by atoms with van der Waals surface area (Å²) in [5, 5.41) is 2.79. The molecule has 2 aromatic carbocycles. The number of hydrogen-bond donors (Lipinski definition) is 1. The summed E-state index contributed by atoms with van der Waals surface area (Å²) in [7, 11) is -2.08. The van der Waals surface area contributed by atoms with E-state index in [4.69, 9.17) is 9.47 Å². The first-order chi connectivity index (χ1) is 13.6. The lowest BCUT2D eigenvalue weighted by Gasteiger charge is -2.28. The maximum Gasteiger partial charge on any atom is 0.243 e. The third-order valence-corrected chi connectivity index (χ3v) is 5.40. The molecule has 0 aliphatic rings. The highest BCUT2D eigenvalue weighted by Gasteiger charge is 2.28. The number of benzene rings is 2. The van der Waals surface area contributed by atoms with Gasteiger partial charge in [-0.2, -0.15) is 0 Å². The standard InChI is InChI=1S/C21H28N2O5S/c1-15(2)28-19-12-11-17(13-20(19)27-4)14-22-21(24)16(3)23(29(5,25)26)18-9-7-6-8-10-18/h6-13,15-16H,14H2,1-5H3,(H,22,24)/t16-/m0/s1. The summed E-state index contributed by atoms with van der Waals surface area (Å²) in [6.45, 7) is 5.64. The number of ether oxygens (including phenoxy) is 2. The van der Waals surface area contributed by atoms with Gasteiger partial charge in [0.1, 0.15) is 6.04 Å². The minimum absolute atomic E-state index is 0.00950. The maximum absolute atomic E-state index is 12.7. The smallest absolute Gasteiger partial charge is 0.243 e. The molecular formula is C21H28N2O5S. The van der Waals surface area contributed by atoms with Crippen molar-refractivity contribution in [3.63, 3.8) is 0 Å². The topological polar surface area (TPSA) is 84.9 Å². The summed E-state index contributed by atoms with van der Waals surface area (Å²) < 4.78 is 36.7. The fraction of sp³-hybridized carbons (Fsp3) is 0.381. The summed E-state index contributed by atoms with van der Waals surface area (Å²) in [4.78, 5) is 12.7. The number of sulfonamides is 1. The molecule has 0 fully saturated rings. The number of anilines is 1. The monoisotopic (exact) mass is 420 g/mol. The molecule has 1 N–H and O–H groups in total. The van der Waals surface area contributed by atoms with Crippen LogP contribution in [0.15, 0.2) is 48.5 Å². The van der Waals surface area contributed by atoms with Gasteiger partial charge in [-0.25, -0.2) is 8.42 Å². The van der Waals surface area contributed by atoms with Crippen LogP contribution in [0.25, 0.3) is 0 Å². The van der Waals surface area contributed by atoms with Crippen molar-refractivity contribution in [2.24, 2.45) is 0 Å². The van der Waals surface area contributed by atoms with E-state index in [0.29, 0.717) is 17.2 Å². The van der Waals surface area contributed by atoms with Gasteiger partial charge in [0.25, 0.3) is 0 Å². The molecule has 0 aliphatic carbocycles. The molecule has 0 spiro atoms. The van der Waals surface area contributed by atoms with Crippen LogP contribution in [-0.2, 0) is 21.4 Å². The molecule has 1 amide bonds. The molecule has 0 aliphatic heterocycles. The van der Waals surface area contributed by atoms with Crippen LogP contribution < -0.4 is 19.1 Å².